The minimum atomic E-state index is -0.0936. The van der Waals surface area contributed by atoms with Crippen LogP contribution in [0.25, 0.3) is 58.8 Å². The van der Waals surface area contributed by atoms with Crippen molar-refractivity contribution in [2.45, 2.75) is 18.5 Å². The second-order valence-corrected chi connectivity index (χ2v) is 14.1. The lowest BCUT2D eigenvalue weighted by Crippen LogP contribution is -2.54. The highest BCUT2D eigenvalue weighted by Gasteiger charge is 2.30. The first kappa shape index (κ1) is 29.4. The molecule has 0 radical (unpaired) electrons. The van der Waals surface area contributed by atoms with Crippen LogP contribution in [-0.4, -0.2) is 4.57 Å². The van der Waals surface area contributed by atoms with Gasteiger partial charge in [-0.1, -0.05) is 146 Å². The van der Waals surface area contributed by atoms with Gasteiger partial charge in [0.1, 0.15) is 0 Å². The summed E-state index contributed by atoms with van der Waals surface area (Å²) < 4.78 is 5.13. The number of hydrogen-bond donors (Lipinski definition) is 3. The molecule has 0 saturated carbocycles. The molecular weight excluding hydrogens is 629 g/mol. The Labute approximate surface area is 294 Å². The summed E-state index contributed by atoms with van der Waals surface area (Å²) in [5, 5.41) is 16.7. The molecule has 0 bridgehead atoms. The summed E-state index contributed by atoms with van der Waals surface area (Å²) in [6, 6.07) is 61.4. The van der Waals surface area contributed by atoms with E-state index >= 15 is 0 Å². The van der Waals surface area contributed by atoms with Gasteiger partial charge in [0.05, 0.1) is 34.2 Å². The van der Waals surface area contributed by atoms with E-state index < -0.39 is 0 Å². The monoisotopic (exact) mass is 662 g/mol. The lowest BCUT2D eigenvalue weighted by atomic mass is 10.0. The van der Waals surface area contributed by atoms with Gasteiger partial charge in [0.2, 0.25) is 0 Å². The normalized spacial score (nSPS) is 18.0. The van der Waals surface area contributed by atoms with Crippen molar-refractivity contribution in [2.75, 3.05) is 0 Å². The zero-order valence-electron chi connectivity index (χ0n) is 27.3. The third-order valence-corrected chi connectivity index (χ3v) is 11.3. The highest BCUT2D eigenvalue weighted by atomic mass is 32.1. The van der Waals surface area contributed by atoms with Crippen LogP contribution in [-0.2, 0) is 0 Å². The molecule has 1 aliphatic heterocycles. The number of rotatable bonds is 5. The summed E-state index contributed by atoms with van der Waals surface area (Å²) >= 11 is 1.89. The maximum Gasteiger partial charge on any atom is 0.0865 e. The van der Waals surface area contributed by atoms with Crippen molar-refractivity contribution in [1.82, 2.24) is 20.5 Å². The fourth-order valence-electron chi connectivity index (χ4n) is 7.71. The molecule has 5 heteroatoms. The van der Waals surface area contributed by atoms with Crippen molar-refractivity contribution < 1.29 is 0 Å². The Kier molecular flexibility index (Phi) is 7.10. The van der Waals surface area contributed by atoms with Crippen LogP contribution in [0.2, 0.25) is 0 Å². The molecule has 1 saturated heterocycles. The van der Waals surface area contributed by atoms with Crippen molar-refractivity contribution >= 4 is 53.3 Å². The Morgan fingerprint density at radius 3 is 1.72 bits per heavy atom. The minimum Gasteiger partial charge on any atom is -0.308 e. The first-order valence-electron chi connectivity index (χ1n) is 17.2. The van der Waals surface area contributed by atoms with Gasteiger partial charge in [-0.25, -0.2) is 0 Å². The number of aromatic nitrogens is 1. The van der Waals surface area contributed by atoms with E-state index in [-0.39, 0.29) is 18.5 Å². The first-order valence-corrected chi connectivity index (χ1v) is 18.0. The van der Waals surface area contributed by atoms with Crippen LogP contribution in [0, 0.1) is 0 Å². The van der Waals surface area contributed by atoms with Gasteiger partial charge in [-0.2, -0.15) is 0 Å². The second-order valence-electron chi connectivity index (χ2n) is 13.1. The molecule has 1 fully saturated rings. The van der Waals surface area contributed by atoms with E-state index in [2.05, 4.69) is 190 Å². The predicted molar refractivity (Wildman–Crippen MR) is 210 cm³/mol. The molecule has 240 valence electrons. The number of fused-ring (bicyclic) bond motifs is 7. The summed E-state index contributed by atoms with van der Waals surface area (Å²) in [6.45, 7) is 0. The summed E-state index contributed by atoms with van der Waals surface area (Å²) in [5.74, 6) is 0. The van der Waals surface area contributed by atoms with Gasteiger partial charge in [0.25, 0.3) is 0 Å². The van der Waals surface area contributed by atoms with E-state index in [1.165, 1.54) is 69.8 Å². The predicted octanol–water partition coefficient (Wildman–Crippen LogP) is 11.0. The Hall–Kier alpha value is -5.56. The third kappa shape index (κ3) is 4.94. The second kappa shape index (κ2) is 12.1. The van der Waals surface area contributed by atoms with Crippen LogP contribution in [0.3, 0.4) is 0 Å². The summed E-state index contributed by atoms with van der Waals surface area (Å²) in [4.78, 5) is 0. The van der Waals surface area contributed by atoms with Crippen LogP contribution in [0.1, 0.15) is 35.2 Å². The number of benzene rings is 7. The Morgan fingerprint density at radius 2 is 1.00 bits per heavy atom. The molecule has 2 unspecified atom stereocenters. The number of thiophene rings is 1. The maximum atomic E-state index is 3.88. The summed E-state index contributed by atoms with van der Waals surface area (Å²) in [5.41, 5.74) is 9.64. The smallest absolute Gasteiger partial charge is 0.0865 e. The van der Waals surface area contributed by atoms with Crippen LogP contribution < -0.4 is 16.0 Å². The average Bonchev–Trinajstić information content (AvgIpc) is 3.74. The minimum absolute atomic E-state index is 0.0313. The van der Waals surface area contributed by atoms with Crippen LogP contribution >= 0.6 is 11.3 Å². The molecule has 3 heterocycles. The molecule has 3 N–H and O–H groups in total. The topological polar surface area (TPSA) is 41.0 Å². The first-order chi connectivity index (χ1) is 24.8. The zero-order chi connectivity index (χ0) is 33.0. The molecule has 0 aliphatic carbocycles. The van der Waals surface area contributed by atoms with Gasteiger partial charge < -0.3 is 4.57 Å². The maximum absolute atomic E-state index is 3.88. The number of nitrogens with one attached hydrogen (secondary N) is 3. The van der Waals surface area contributed by atoms with Crippen LogP contribution in [0.5, 0.6) is 0 Å². The quantitative estimate of drug-likeness (QED) is 0.172. The van der Waals surface area contributed by atoms with Crippen molar-refractivity contribution in [3.63, 3.8) is 0 Å². The van der Waals surface area contributed by atoms with Crippen molar-refractivity contribution in [2.24, 2.45) is 0 Å². The fraction of sp³-hybridized carbons (Fsp3) is 0.0667. The van der Waals surface area contributed by atoms with Gasteiger partial charge in [-0.05, 0) is 52.1 Å². The lowest BCUT2D eigenvalue weighted by molar-refractivity contribution is 0.203. The third-order valence-electron chi connectivity index (χ3n) is 10.1. The summed E-state index contributed by atoms with van der Waals surface area (Å²) in [7, 11) is 0. The molecule has 10 rings (SSSR count). The van der Waals surface area contributed by atoms with Gasteiger partial charge in [-0.3, -0.25) is 16.0 Å². The molecule has 1 aliphatic rings. The molecule has 2 aromatic heterocycles. The van der Waals surface area contributed by atoms with Crippen LogP contribution in [0.15, 0.2) is 170 Å². The SMILES string of the molecule is c1ccc(-c2ccc3c4ccc5c6ccccc6sc5c4n(-c4cccc(C5NC(c6ccccc6)NC(c6ccccc6)N5)c4)c3c2)cc1. The Balaban J connectivity index is 1.17. The molecule has 2 atom stereocenters. The van der Waals surface area contributed by atoms with Gasteiger partial charge in [-0.15, -0.1) is 11.3 Å². The summed E-state index contributed by atoms with van der Waals surface area (Å²) in [6.07, 6.45) is -0.156. The van der Waals surface area contributed by atoms with E-state index in [1.54, 1.807) is 0 Å². The number of hydrogen-bond acceptors (Lipinski definition) is 4. The molecular formula is C45H34N4S. The Bertz CT molecular complexity index is 2600. The lowest BCUT2D eigenvalue weighted by Gasteiger charge is -2.39. The average molecular weight is 663 g/mol. The molecule has 0 amide bonds. The van der Waals surface area contributed by atoms with E-state index in [1.807, 2.05) is 11.3 Å². The molecule has 50 heavy (non-hydrogen) atoms. The molecule has 0 spiro atoms. The Morgan fingerprint density at radius 1 is 0.420 bits per heavy atom. The van der Waals surface area contributed by atoms with E-state index in [0.29, 0.717) is 0 Å². The molecule has 4 nitrogen and oxygen atoms in total. The van der Waals surface area contributed by atoms with Crippen molar-refractivity contribution in [1.29, 1.82) is 0 Å². The van der Waals surface area contributed by atoms with Gasteiger partial charge >= 0.3 is 0 Å². The highest BCUT2D eigenvalue weighted by Crippen LogP contribution is 2.44. The zero-order valence-corrected chi connectivity index (χ0v) is 28.1. The molecule has 7 aromatic carbocycles. The van der Waals surface area contributed by atoms with E-state index in [0.717, 1.165) is 5.69 Å². The largest absolute Gasteiger partial charge is 0.308 e. The van der Waals surface area contributed by atoms with Gasteiger partial charge in [0.15, 0.2) is 0 Å². The fourth-order valence-corrected chi connectivity index (χ4v) is 8.95. The standard InChI is InChI=1S/C45H34N4S/c1-4-13-29(14-5-1)32-23-24-35-37-25-26-38-36-21-10-11-22-40(36)50-42(38)41(37)49(39(35)28-32)34-20-12-19-33(27-34)45-47-43(30-15-6-2-7-16-30)46-44(48-45)31-17-8-3-9-18-31/h1-28,43-48H. The highest BCUT2D eigenvalue weighted by molar-refractivity contribution is 7.26. The van der Waals surface area contributed by atoms with Crippen molar-refractivity contribution in [3.05, 3.63) is 187 Å². The number of nitrogens with zero attached hydrogens (tertiary/aromatic N) is 1. The van der Waals surface area contributed by atoms with Gasteiger partial charge in [0, 0.05) is 31.9 Å². The van der Waals surface area contributed by atoms with Crippen LogP contribution in [0.4, 0.5) is 0 Å². The van der Waals surface area contributed by atoms with Crippen molar-refractivity contribution in [3.8, 4) is 16.8 Å². The van der Waals surface area contributed by atoms with E-state index in [4.69, 9.17) is 0 Å². The van der Waals surface area contributed by atoms with E-state index in [9.17, 15) is 0 Å². The molecule has 9 aromatic rings.